The molecule has 0 heterocycles. The predicted octanol–water partition coefficient (Wildman–Crippen LogP) is 6.39. The fourth-order valence-electron chi connectivity index (χ4n) is 4.15. The van der Waals surface area contributed by atoms with E-state index >= 15 is 0 Å². The van der Waals surface area contributed by atoms with Gasteiger partial charge in [0, 0.05) is 17.1 Å². The Labute approximate surface area is 182 Å². The number of phenolic OH excluding ortho intramolecular Hbond substituents is 1. The van der Waals surface area contributed by atoms with E-state index < -0.39 is 9.84 Å². The van der Waals surface area contributed by atoms with Gasteiger partial charge >= 0.3 is 0 Å². The van der Waals surface area contributed by atoms with Crippen LogP contribution in [0.1, 0.15) is 61.6 Å². The van der Waals surface area contributed by atoms with Crippen molar-refractivity contribution in [3.05, 3.63) is 59.2 Å². The molecular formula is C24H29BrO3S. The first-order chi connectivity index (χ1) is 13.9. The van der Waals surface area contributed by atoms with Crippen molar-refractivity contribution in [2.45, 2.75) is 56.3 Å². The predicted molar refractivity (Wildman–Crippen MR) is 124 cm³/mol. The highest BCUT2D eigenvalue weighted by Crippen LogP contribution is 2.42. The lowest BCUT2D eigenvalue weighted by Crippen LogP contribution is -1.98. The third-order valence-corrected chi connectivity index (χ3v) is 7.30. The lowest BCUT2D eigenvalue weighted by molar-refractivity contribution is 0.472. The molecular weight excluding hydrogens is 448 g/mol. The molecule has 1 aliphatic carbocycles. The van der Waals surface area contributed by atoms with Crippen LogP contribution in [0.4, 0.5) is 0 Å². The molecule has 0 saturated heterocycles. The van der Waals surface area contributed by atoms with Crippen LogP contribution in [0.5, 0.6) is 5.75 Å². The van der Waals surface area contributed by atoms with Gasteiger partial charge in [-0.1, -0.05) is 53.0 Å². The molecule has 3 rings (SSSR count). The van der Waals surface area contributed by atoms with Crippen LogP contribution in [0.25, 0.3) is 11.1 Å². The molecule has 156 valence electrons. The summed E-state index contributed by atoms with van der Waals surface area (Å²) in [6.07, 6.45) is 9.69. The molecule has 0 spiro atoms. The average molecular weight is 477 g/mol. The fourth-order valence-corrected chi connectivity index (χ4v) is 5.18. The molecule has 0 aliphatic heterocycles. The van der Waals surface area contributed by atoms with Crippen LogP contribution >= 0.6 is 15.9 Å². The van der Waals surface area contributed by atoms with Crippen molar-refractivity contribution in [1.29, 1.82) is 0 Å². The Kier molecular flexibility index (Phi) is 7.58. The Bertz CT molecular complexity index is 976. The maximum Gasteiger partial charge on any atom is 0.175 e. The first-order valence-electron chi connectivity index (χ1n) is 10.3. The minimum absolute atomic E-state index is 0.343. The van der Waals surface area contributed by atoms with Gasteiger partial charge in [-0.05, 0) is 79.0 Å². The number of benzene rings is 2. The van der Waals surface area contributed by atoms with Gasteiger partial charge in [-0.3, -0.25) is 0 Å². The molecule has 0 radical (unpaired) electrons. The molecule has 0 fully saturated rings. The molecule has 0 bridgehead atoms. The number of phenols is 1. The largest absolute Gasteiger partial charge is 0.507 e. The molecule has 1 N–H and O–H groups in total. The van der Waals surface area contributed by atoms with Gasteiger partial charge in [-0.25, -0.2) is 8.42 Å². The zero-order valence-electron chi connectivity index (χ0n) is 17.0. The Balaban J connectivity index is 2.02. The maximum absolute atomic E-state index is 11.8. The highest BCUT2D eigenvalue weighted by Gasteiger charge is 2.21. The summed E-state index contributed by atoms with van der Waals surface area (Å²) < 4.78 is 23.7. The maximum atomic E-state index is 11.8. The van der Waals surface area contributed by atoms with E-state index in [-0.39, 0.29) is 0 Å². The first-order valence-corrected chi connectivity index (χ1v) is 13.3. The van der Waals surface area contributed by atoms with Crippen molar-refractivity contribution in [2.75, 3.05) is 11.6 Å². The summed E-state index contributed by atoms with van der Waals surface area (Å²) in [6.45, 7) is 0. The van der Waals surface area contributed by atoms with Crippen LogP contribution in [-0.2, 0) is 16.3 Å². The number of sulfone groups is 1. The molecule has 2 aromatic rings. The lowest BCUT2D eigenvalue weighted by atomic mass is 9.88. The molecule has 0 amide bonds. The van der Waals surface area contributed by atoms with Crippen LogP contribution in [0.15, 0.2) is 47.4 Å². The van der Waals surface area contributed by atoms with Gasteiger partial charge in [0.15, 0.2) is 9.84 Å². The highest BCUT2D eigenvalue weighted by atomic mass is 79.9. The van der Waals surface area contributed by atoms with Gasteiger partial charge in [0.25, 0.3) is 0 Å². The van der Waals surface area contributed by atoms with E-state index in [0.717, 1.165) is 48.6 Å². The monoisotopic (exact) mass is 476 g/mol. The zero-order valence-corrected chi connectivity index (χ0v) is 19.4. The number of fused-ring (bicyclic) bond motifs is 1. The minimum atomic E-state index is -3.21. The number of halogens is 1. The molecule has 3 nitrogen and oxygen atoms in total. The molecule has 0 saturated carbocycles. The van der Waals surface area contributed by atoms with Crippen molar-refractivity contribution in [3.63, 3.8) is 0 Å². The minimum Gasteiger partial charge on any atom is -0.507 e. The number of unbranched alkanes of at least 4 members (excludes halogenated alkanes) is 3. The van der Waals surface area contributed by atoms with Crippen molar-refractivity contribution >= 4 is 36.9 Å². The smallest absolute Gasteiger partial charge is 0.175 e. The van der Waals surface area contributed by atoms with Crippen molar-refractivity contribution < 1.29 is 13.5 Å². The van der Waals surface area contributed by atoms with Crippen LogP contribution in [-0.4, -0.2) is 25.1 Å². The SMILES string of the molecule is CS(=O)(=O)c1ccc(C2=C(CCCCCCBr)c3c(O)cccc3CCC2)cc1. The Hall–Kier alpha value is -1.59. The van der Waals surface area contributed by atoms with E-state index in [1.165, 1.54) is 42.2 Å². The van der Waals surface area contributed by atoms with Crippen LogP contribution in [0.2, 0.25) is 0 Å². The first kappa shape index (κ1) is 22.1. The topological polar surface area (TPSA) is 54.4 Å². The van der Waals surface area contributed by atoms with Crippen LogP contribution in [0.3, 0.4) is 0 Å². The number of hydrogen-bond donors (Lipinski definition) is 1. The summed E-state index contributed by atoms with van der Waals surface area (Å²) >= 11 is 3.49. The van der Waals surface area contributed by atoms with Gasteiger partial charge in [-0.15, -0.1) is 0 Å². The normalized spacial score (nSPS) is 14.6. The summed E-state index contributed by atoms with van der Waals surface area (Å²) in [5.41, 5.74) is 5.73. The molecule has 0 unspecified atom stereocenters. The van der Waals surface area contributed by atoms with E-state index in [4.69, 9.17) is 0 Å². The van der Waals surface area contributed by atoms with Gasteiger partial charge < -0.3 is 5.11 Å². The lowest BCUT2D eigenvalue weighted by Gasteiger charge is -2.17. The summed E-state index contributed by atoms with van der Waals surface area (Å²) in [5, 5.41) is 11.7. The van der Waals surface area contributed by atoms with E-state index in [1.54, 1.807) is 18.2 Å². The number of aromatic hydroxyl groups is 1. The van der Waals surface area contributed by atoms with Crippen LogP contribution < -0.4 is 0 Å². The molecule has 0 aromatic heterocycles. The van der Waals surface area contributed by atoms with Crippen LogP contribution in [0, 0.1) is 0 Å². The fraction of sp³-hybridized carbons (Fsp3) is 0.417. The third kappa shape index (κ3) is 5.52. The van der Waals surface area contributed by atoms with Gasteiger partial charge in [-0.2, -0.15) is 0 Å². The summed E-state index contributed by atoms with van der Waals surface area (Å²) in [5.74, 6) is 0.352. The van der Waals surface area contributed by atoms with Gasteiger partial charge in [0.1, 0.15) is 5.75 Å². The molecule has 0 atom stereocenters. The zero-order chi connectivity index (χ0) is 20.9. The number of allylic oxidation sites excluding steroid dienone is 2. The standard InChI is InChI=1S/C24H29BrO3S/c1-29(27,28)20-15-13-18(14-16-20)21-11-6-8-19-9-7-12-23(26)24(19)22(21)10-4-2-3-5-17-25/h7,9,12-16,26H,2-6,8,10-11,17H2,1H3. The second kappa shape index (κ2) is 9.94. The Morgan fingerprint density at radius 1 is 0.966 bits per heavy atom. The van der Waals surface area contributed by atoms with E-state index in [0.29, 0.717) is 10.6 Å². The summed E-state index contributed by atoms with van der Waals surface area (Å²) in [4.78, 5) is 0.343. The molecule has 5 heteroatoms. The molecule has 2 aromatic carbocycles. The molecule has 29 heavy (non-hydrogen) atoms. The Morgan fingerprint density at radius 2 is 1.69 bits per heavy atom. The van der Waals surface area contributed by atoms with Gasteiger partial charge in [0.2, 0.25) is 0 Å². The van der Waals surface area contributed by atoms with E-state index in [9.17, 15) is 13.5 Å². The number of alkyl halides is 1. The Morgan fingerprint density at radius 3 is 2.38 bits per heavy atom. The van der Waals surface area contributed by atoms with Gasteiger partial charge in [0.05, 0.1) is 4.90 Å². The quantitative estimate of drug-likeness (QED) is 0.354. The summed E-state index contributed by atoms with van der Waals surface area (Å²) in [7, 11) is -3.21. The van der Waals surface area contributed by atoms with Crippen molar-refractivity contribution in [2.24, 2.45) is 0 Å². The van der Waals surface area contributed by atoms with E-state index in [1.807, 2.05) is 18.2 Å². The van der Waals surface area contributed by atoms with Crippen molar-refractivity contribution in [1.82, 2.24) is 0 Å². The van der Waals surface area contributed by atoms with Crippen molar-refractivity contribution in [3.8, 4) is 5.75 Å². The third-order valence-electron chi connectivity index (χ3n) is 5.61. The number of hydrogen-bond acceptors (Lipinski definition) is 3. The second-order valence-corrected chi connectivity index (χ2v) is 10.6. The summed E-state index contributed by atoms with van der Waals surface area (Å²) in [6, 6.07) is 13.1. The second-order valence-electron chi connectivity index (χ2n) is 7.77. The number of rotatable bonds is 8. The number of aryl methyl sites for hydroxylation is 1. The van der Waals surface area contributed by atoms with E-state index in [2.05, 4.69) is 22.0 Å². The molecule has 1 aliphatic rings. The average Bonchev–Trinajstić information content (AvgIpc) is 2.88. The highest BCUT2D eigenvalue weighted by molar-refractivity contribution is 9.09.